The van der Waals surface area contributed by atoms with E-state index in [0.29, 0.717) is 11.2 Å². The first-order chi connectivity index (χ1) is 12.2. The minimum atomic E-state index is -0.530. The molecule has 0 amide bonds. The smallest absolute Gasteiger partial charge is 0.162 e. The third kappa shape index (κ3) is 2.64. The van der Waals surface area contributed by atoms with Crippen LogP contribution in [0.1, 0.15) is 11.1 Å². The number of benzene rings is 2. The van der Waals surface area contributed by atoms with E-state index in [1.165, 1.54) is 17.7 Å². The second-order valence-corrected chi connectivity index (χ2v) is 5.84. The summed E-state index contributed by atoms with van der Waals surface area (Å²) in [6.45, 7) is 2.04. The highest BCUT2D eigenvalue weighted by Crippen LogP contribution is 2.27. The second-order valence-electron chi connectivity index (χ2n) is 5.84. The van der Waals surface area contributed by atoms with Gasteiger partial charge in [-0.05, 0) is 30.2 Å². The highest BCUT2D eigenvalue weighted by atomic mass is 19.1. The number of halogens is 1. The first-order valence-electron chi connectivity index (χ1n) is 7.76. The van der Waals surface area contributed by atoms with E-state index < -0.39 is 5.82 Å². The average Bonchev–Trinajstić information content (AvgIpc) is 3.06. The quantitative estimate of drug-likeness (QED) is 0.548. The van der Waals surface area contributed by atoms with Crippen molar-refractivity contribution in [1.82, 2.24) is 14.6 Å². The van der Waals surface area contributed by atoms with Gasteiger partial charge in [-0.1, -0.05) is 35.9 Å². The number of hydrogen-bond acceptors (Lipinski definition) is 3. The summed E-state index contributed by atoms with van der Waals surface area (Å²) in [5.74, 6) is -0.530. The molecule has 0 saturated heterocycles. The Kier molecular flexibility index (Phi) is 3.51. The molecule has 2 aromatic heterocycles. The van der Waals surface area contributed by atoms with Gasteiger partial charge in [0.25, 0.3) is 0 Å². The van der Waals surface area contributed by atoms with Crippen LogP contribution in [0.3, 0.4) is 0 Å². The monoisotopic (exact) mass is 328 g/mol. The van der Waals surface area contributed by atoms with Gasteiger partial charge in [-0.15, -0.1) is 0 Å². The molecule has 2 aromatic carbocycles. The van der Waals surface area contributed by atoms with Crippen LogP contribution in [0.4, 0.5) is 4.39 Å². The zero-order chi connectivity index (χ0) is 17.4. The second kappa shape index (κ2) is 5.84. The van der Waals surface area contributed by atoms with Crippen molar-refractivity contribution in [2.24, 2.45) is 0 Å². The van der Waals surface area contributed by atoms with Gasteiger partial charge in [0, 0.05) is 23.5 Å². The molecule has 2 heterocycles. The van der Waals surface area contributed by atoms with Crippen LogP contribution >= 0.6 is 0 Å². The molecule has 5 heteroatoms. The number of aromatic nitrogens is 3. The fraction of sp³-hybridized carbons (Fsp3) is 0.0500. The fourth-order valence-corrected chi connectivity index (χ4v) is 2.75. The largest absolute Gasteiger partial charge is 0.236 e. The zero-order valence-corrected chi connectivity index (χ0v) is 13.4. The van der Waals surface area contributed by atoms with Crippen LogP contribution in [0.25, 0.3) is 27.9 Å². The normalized spacial score (nSPS) is 10.8. The molecule has 25 heavy (non-hydrogen) atoms. The summed E-state index contributed by atoms with van der Waals surface area (Å²) < 4.78 is 15.2. The molecule has 0 saturated carbocycles. The van der Waals surface area contributed by atoms with Gasteiger partial charge in [0.15, 0.2) is 5.65 Å². The molecule has 0 fully saturated rings. The molecular weight excluding hydrogens is 315 g/mol. The van der Waals surface area contributed by atoms with E-state index >= 15 is 0 Å². The number of nitrogens with zero attached hydrogens (tertiary/aromatic N) is 4. The third-order valence-corrected chi connectivity index (χ3v) is 4.14. The van der Waals surface area contributed by atoms with Crippen molar-refractivity contribution in [2.45, 2.75) is 6.92 Å². The molecule has 4 aromatic rings. The van der Waals surface area contributed by atoms with Crippen molar-refractivity contribution in [1.29, 1.82) is 5.26 Å². The Morgan fingerprint density at radius 3 is 2.52 bits per heavy atom. The van der Waals surface area contributed by atoms with E-state index in [0.717, 1.165) is 16.7 Å². The zero-order valence-electron chi connectivity index (χ0n) is 13.4. The Morgan fingerprint density at radius 1 is 1.00 bits per heavy atom. The molecule has 4 rings (SSSR count). The lowest BCUT2D eigenvalue weighted by Crippen LogP contribution is -1.92. The Balaban J connectivity index is 1.81. The minimum Gasteiger partial charge on any atom is -0.236 e. The molecule has 0 aliphatic carbocycles. The van der Waals surface area contributed by atoms with Crippen molar-refractivity contribution in [2.75, 3.05) is 0 Å². The van der Waals surface area contributed by atoms with Crippen molar-refractivity contribution in [3.8, 4) is 28.3 Å². The average molecular weight is 328 g/mol. The lowest BCUT2D eigenvalue weighted by molar-refractivity contribution is 0.624. The molecule has 4 nitrogen and oxygen atoms in total. The molecule has 0 N–H and O–H groups in total. The van der Waals surface area contributed by atoms with E-state index in [-0.39, 0.29) is 5.56 Å². The SMILES string of the molecule is Cc1ccc(-c2cnc3c(-c4ccc(F)c(C#N)c4)cnn3c2)cc1. The molecule has 120 valence electrons. The van der Waals surface area contributed by atoms with Crippen LogP contribution < -0.4 is 0 Å². The Labute approximate surface area is 143 Å². The summed E-state index contributed by atoms with van der Waals surface area (Å²) in [6, 6.07) is 14.5. The van der Waals surface area contributed by atoms with Crippen LogP contribution in [0.2, 0.25) is 0 Å². The van der Waals surface area contributed by atoms with Gasteiger partial charge in [-0.3, -0.25) is 0 Å². The van der Waals surface area contributed by atoms with Crippen molar-refractivity contribution in [3.63, 3.8) is 0 Å². The molecule has 0 aliphatic rings. The standard InChI is InChI=1S/C20H13FN4/c1-13-2-4-14(5-3-13)17-10-23-20-18(11-24-25(20)12-17)15-6-7-19(21)16(8-15)9-22/h2-8,10-12H,1H3. The summed E-state index contributed by atoms with van der Waals surface area (Å²) in [4.78, 5) is 4.52. The predicted octanol–water partition coefficient (Wildman–Crippen LogP) is 4.38. The fourth-order valence-electron chi connectivity index (χ4n) is 2.75. The molecule has 0 bridgehead atoms. The van der Waals surface area contributed by atoms with Gasteiger partial charge in [0.05, 0.1) is 11.8 Å². The molecule has 0 aliphatic heterocycles. The summed E-state index contributed by atoms with van der Waals surface area (Å²) in [7, 11) is 0. The van der Waals surface area contributed by atoms with Gasteiger partial charge in [-0.2, -0.15) is 10.4 Å². The number of hydrogen-bond donors (Lipinski definition) is 0. The molecule has 0 atom stereocenters. The van der Waals surface area contributed by atoms with Gasteiger partial charge in [0.1, 0.15) is 11.9 Å². The topological polar surface area (TPSA) is 54.0 Å². The summed E-state index contributed by atoms with van der Waals surface area (Å²) in [5.41, 5.74) is 5.35. The number of rotatable bonds is 2. The van der Waals surface area contributed by atoms with Gasteiger partial charge >= 0.3 is 0 Å². The lowest BCUT2D eigenvalue weighted by atomic mass is 10.1. The highest BCUT2D eigenvalue weighted by molar-refractivity contribution is 5.78. The van der Waals surface area contributed by atoms with Crippen LogP contribution in [0.15, 0.2) is 61.1 Å². The van der Waals surface area contributed by atoms with Gasteiger partial charge < -0.3 is 0 Å². The summed E-state index contributed by atoms with van der Waals surface area (Å²) >= 11 is 0. The van der Waals surface area contributed by atoms with Gasteiger partial charge in [-0.25, -0.2) is 13.9 Å². The first-order valence-corrected chi connectivity index (χ1v) is 7.76. The van der Waals surface area contributed by atoms with Crippen molar-refractivity contribution in [3.05, 3.63) is 78.0 Å². The van der Waals surface area contributed by atoms with Crippen molar-refractivity contribution >= 4 is 5.65 Å². The maximum Gasteiger partial charge on any atom is 0.162 e. The summed E-state index contributed by atoms with van der Waals surface area (Å²) in [6.07, 6.45) is 5.38. The lowest BCUT2D eigenvalue weighted by Gasteiger charge is -2.04. The van der Waals surface area contributed by atoms with Crippen LogP contribution in [-0.2, 0) is 0 Å². The Morgan fingerprint density at radius 2 is 1.76 bits per heavy atom. The number of aryl methyl sites for hydroxylation is 1. The van der Waals surface area contributed by atoms with E-state index in [1.54, 1.807) is 23.0 Å². The van der Waals surface area contributed by atoms with E-state index in [4.69, 9.17) is 5.26 Å². The predicted molar refractivity (Wildman–Crippen MR) is 93.3 cm³/mol. The molecule has 0 unspecified atom stereocenters. The number of fused-ring (bicyclic) bond motifs is 1. The third-order valence-electron chi connectivity index (χ3n) is 4.14. The van der Waals surface area contributed by atoms with E-state index in [1.807, 2.05) is 31.3 Å². The maximum atomic E-state index is 13.5. The van der Waals surface area contributed by atoms with Crippen LogP contribution in [-0.4, -0.2) is 14.6 Å². The van der Waals surface area contributed by atoms with Crippen molar-refractivity contribution < 1.29 is 4.39 Å². The maximum absolute atomic E-state index is 13.5. The minimum absolute atomic E-state index is 0.00752. The first kappa shape index (κ1) is 15.0. The van der Waals surface area contributed by atoms with Crippen LogP contribution in [0.5, 0.6) is 0 Å². The molecule has 0 spiro atoms. The van der Waals surface area contributed by atoms with E-state index in [2.05, 4.69) is 22.2 Å². The van der Waals surface area contributed by atoms with Gasteiger partial charge in [0.2, 0.25) is 0 Å². The Bertz CT molecular complexity index is 1120. The van der Waals surface area contributed by atoms with E-state index in [9.17, 15) is 4.39 Å². The summed E-state index contributed by atoms with van der Waals surface area (Å²) in [5, 5.41) is 13.4. The number of nitriles is 1. The molecular formula is C20H13FN4. The molecule has 0 radical (unpaired) electrons. The highest BCUT2D eigenvalue weighted by Gasteiger charge is 2.11. The van der Waals surface area contributed by atoms with Crippen LogP contribution in [0, 0.1) is 24.1 Å². The Hall–Kier alpha value is -3.52.